The van der Waals surface area contributed by atoms with E-state index < -0.39 is 0 Å². The van der Waals surface area contributed by atoms with Gasteiger partial charge in [-0.1, -0.05) is 51.0 Å². The largest absolute Gasteiger partial charge is 0.356 e. The number of rotatable bonds is 8. The Kier molecular flexibility index (Phi) is 5.87. The van der Waals surface area contributed by atoms with E-state index in [4.69, 9.17) is 4.98 Å². The summed E-state index contributed by atoms with van der Waals surface area (Å²) in [4.78, 5) is 17.8. The van der Waals surface area contributed by atoms with Crippen LogP contribution in [0.3, 0.4) is 0 Å². The molecule has 0 unspecified atom stereocenters. The molecule has 0 aliphatic heterocycles. The molecule has 3 aromatic rings. The number of amides is 1. The molecule has 0 aliphatic carbocycles. The molecule has 0 atom stereocenters. The monoisotopic (exact) mass is 355 g/mol. The summed E-state index contributed by atoms with van der Waals surface area (Å²) in [6, 6.07) is 8.53. The summed E-state index contributed by atoms with van der Waals surface area (Å²) in [6.07, 6.45) is 6.84. The van der Waals surface area contributed by atoms with Gasteiger partial charge in [-0.3, -0.25) is 9.20 Å². The van der Waals surface area contributed by atoms with Gasteiger partial charge in [-0.2, -0.15) is 0 Å². The first kappa shape index (κ1) is 17.7. The van der Waals surface area contributed by atoms with Crippen LogP contribution in [0.4, 0.5) is 0 Å². The second-order valence-corrected chi connectivity index (χ2v) is 7.13. The Hall–Kier alpha value is -2.14. The number of aryl methyl sites for hydroxylation is 1. The number of hydrogen-bond donors (Lipinski definition) is 1. The van der Waals surface area contributed by atoms with Gasteiger partial charge < -0.3 is 5.32 Å². The van der Waals surface area contributed by atoms with E-state index in [1.165, 1.54) is 5.56 Å². The fourth-order valence-electron chi connectivity index (χ4n) is 2.84. The molecule has 1 aromatic carbocycles. The highest BCUT2D eigenvalue weighted by atomic mass is 32.1. The maximum absolute atomic E-state index is 12.1. The molecular formula is C20H25N3OS. The summed E-state index contributed by atoms with van der Waals surface area (Å²) >= 11 is 1.58. The molecule has 25 heavy (non-hydrogen) atoms. The van der Waals surface area contributed by atoms with E-state index in [-0.39, 0.29) is 5.91 Å². The molecule has 3 rings (SSSR count). The third-order valence-corrected chi connectivity index (χ3v) is 5.27. The smallest absolute Gasteiger partial charge is 0.225 e. The lowest BCUT2D eigenvalue weighted by molar-refractivity contribution is -0.120. The number of fused-ring (bicyclic) bond motifs is 1. The molecule has 0 saturated heterocycles. The number of hydrogen-bond acceptors (Lipinski definition) is 3. The minimum absolute atomic E-state index is 0.0818. The molecule has 4 nitrogen and oxygen atoms in total. The predicted molar refractivity (Wildman–Crippen MR) is 104 cm³/mol. The fraction of sp³-hybridized carbons (Fsp3) is 0.400. The quantitative estimate of drug-likeness (QED) is 0.606. The molecular weight excluding hydrogens is 330 g/mol. The van der Waals surface area contributed by atoms with E-state index in [9.17, 15) is 4.79 Å². The van der Waals surface area contributed by atoms with Gasteiger partial charge in [-0.05, 0) is 18.4 Å². The van der Waals surface area contributed by atoms with Crippen molar-refractivity contribution in [3.05, 3.63) is 47.1 Å². The van der Waals surface area contributed by atoms with Gasteiger partial charge in [0, 0.05) is 29.4 Å². The highest BCUT2D eigenvalue weighted by Crippen LogP contribution is 2.24. The van der Waals surface area contributed by atoms with Crippen molar-refractivity contribution in [3.8, 4) is 11.3 Å². The van der Waals surface area contributed by atoms with Gasteiger partial charge in [0.15, 0.2) is 4.96 Å². The van der Waals surface area contributed by atoms with E-state index in [1.54, 1.807) is 11.3 Å². The van der Waals surface area contributed by atoms with E-state index in [0.29, 0.717) is 6.42 Å². The van der Waals surface area contributed by atoms with Crippen LogP contribution in [0.5, 0.6) is 0 Å². The number of thiazole rings is 1. The number of unbranched alkanes of at least 4 members (excludes halogenated alkanes) is 2. The van der Waals surface area contributed by atoms with E-state index >= 15 is 0 Å². The van der Waals surface area contributed by atoms with Crippen LogP contribution in [0.2, 0.25) is 0 Å². The molecule has 0 radical (unpaired) electrons. The molecule has 5 heteroatoms. The van der Waals surface area contributed by atoms with Crippen LogP contribution in [0.25, 0.3) is 16.2 Å². The maximum Gasteiger partial charge on any atom is 0.225 e. The SMILES string of the molecule is CCCCCNC(=O)Cc1csc2nc(-c3ccc(CC)cc3)cn12. The van der Waals surface area contributed by atoms with E-state index in [0.717, 1.165) is 54.1 Å². The third kappa shape index (κ3) is 4.28. The summed E-state index contributed by atoms with van der Waals surface area (Å²) in [5.41, 5.74) is 4.39. The Bertz CT molecular complexity index is 832. The second kappa shape index (κ2) is 8.30. The number of aromatic nitrogens is 2. The van der Waals surface area contributed by atoms with Crippen molar-refractivity contribution in [3.63, 3.8) is 0 Å². The zero-order valence-corrected chi connectivity index (χ0v) is 15.7. The van der Waals surface area contributed by atoms with Crippen molar-refractivity contribution in [2.45, 2.75) is 46.0 Å². The zero-order valence-electron chi connectivity index (χ0n) is 14.9. The number of nitrogens with one attached hydrogen (secondary N) is 1. The van der Waals surface area contributed by atoms with Crippen molar-refractivity contribution in [1.29, 1.82) is 0 Å². The highest BCUT2D eigenvalue weighted by Gasteiger charge is 2.12. The standard InChI is InChI=1S/C20H25N3OS/c1-3-5-6-11-21-19(24)12-17-14-25-20-22-18(13-23(17)20)16-9-7-15(4-2)8-10-16/h7-10,13-14H,3-6,11-12H2,1-2H3,(H,21,24). The first-order valence-corrected chi connectivity index (χ1v) is 9.90. The van der Waals surface area contributed by atoms with Crippen LogP contribution < -0.4 is 5.32 Å². The van der Waals surface area contributed by atoms with Crippen LogP contribution in [0, 0.1) is 0 Å². The Labute approximate surface area is 152 Å². The van der Waals surface area contributed by atoms with Crippen LogP contribution >= 0.6 is 11.3 Å². The Morgan fingerprint density at radius 1 is 1.20 bits per heavy atom. The van der Waals surface area contributed by atoms with Gasteiger partial charge in [0.2, 0.25) is 5.91 Å². The van der Waals surface area contributed by atoms with Crippen LogP contribution in [-0.2, 0) is 17.6 Å². The molecule has 0 aliphatic rings. The summed E-state index contributed by atoms with van der Waals surface area (Å²) in [5, 5.41) is 5.03. The molecule has 0 fully saturated rings. The highest BCUT2D eigenvalue weighted by molar-refractivity contribution is 7.15. The lowest BCUT2D eigenvalue weighted by Crippen LogP contribution is -2.26. The van der Waals surface area contributed by atoms with Crippen molar-refractivity contribution in [1.82, 2.24) is 14.7 Å². The maximum atomic E-state index is 12.1. The first-order valence-electron chi connectivity index (χ1n) is 9.02. The summed E-state index contributed by atoms with van der Waals surface area (Å²) < 4.78 is 2.04. The second-order valence-electron chi connectivity index (χ2n) is 6.29. The van der Waals surface area contributed by atoms with E-state index in [1.807, 2.05) is 16.0 Å². The van der Waals surface area contributed by atoms with Gasteiger partial charge in [0.1, 0.15) is 0 Å². The lowest BCUT2D eigenvalue weighted by Gasteiger charge is -2.04. The minimum atomic E-state index is 0.0818. The zero-order chi connectivity index (χ0) is 17.6. The van der Waals surface area contributed by atoms with Crippen molar-refractivity contribution >= 4 is 22.2 Å². The van der Waals surface area contributed by atoms with Gasteiger partial charge in [0.05, 0.1) is 12.1 Å². The minimum Gasteiger partial charge on any atom is -0.356 e. The molecule has 0 saturated carbocycles. The van der Waals surface area contributed by atoms with E-state index in [2.05, 4.69) is 43.4 Å². The molecule has 2 aromatic heterocycles. The first-order chi connectivity index (χ1) is 12.2. The molecule has 2 heterocycles. The number of carbonyl (C=O) groups is 1. The Morgan fingerprint density at radius 2 is 2.00 bits per heavy atom. The van der Waals surface area contributed by atoms with Gasteiger partial charge in [-0.15, -0.1) is 11.3 Å². The van der Waals surface area contributed by atoms with Crippen LogP contribution in [0.1, 0.15) is 44.4 Å². The molecule has 1 amide bonds. The Morgan fingerprint density at radius 3 is 2.72 bits per heavy atom. The number of carbonyl (C=O) groups excluding carboxylic acids is 1. The third-order valence-electron chi connectivity index (χ3n) is 4.39. The summed E-state index contributed by atoms with van der Waals surface area (Å²) in [7, 11) is 0. The topological polar surface area (TPSA) is 46.4 Å². The summed E-state index contributed by atoms with van der Waals surface area (Å²) in [5.74, 6) is 0.0818. The lowest BCUT2D eigenvalue weighted by atomic mass is 10.1. The molecule has 1 N–H and O–H groups in total. The van der Waals surface area contributed by atoms with Gasteiger partial charge in [0.25, 0.3) is 0 Å². The molecule has 0 bridgehead atoms. The van der Waals surface area contributed by atoms with Gasteiger partial charge in [-0.25, -0.2) is 4.98 Å². The van der Waals surface area contributed by atoms with Crippen molar-refractivity contribution < 1.29 is 4.79 Å². The predicted octanol–water partition coefficient (Wildman–Crippen LogP) is 4.47. The Balaban J connectivity index is 1.70. The molecule has 132 valence electrons. The fourth-order valence-corrected chi connectivity index (χ4v) is 3.71. The normalized spacial score (nSPS) is 11.1. The van der Waals surface area contributed by atoms with Crippen molar-refractivity contribution in [2.75, 3.05) is 6.54 Å². The molecule has 0 spiro atoms. The number of nitrogens with zero attached hydrogens (tertiary/aromatic N) is 2. The van der Waals surface area contributed by atoms with Gasteiger partial charge >= 0.3 is 0 Å². The average Bonchev–Trinajstić information content (AvgIpc) is 3.21. The summed E-state index contributed by atoms with van der Waals surface area (Å²) in [6.45, 7) is 5.08. The average molecular weight is 356 g/mol. The van der Waals surface area contributed by atoms with Crippen molar-refractivity contribution in [2.24, 2.45) is 0 Å². The number of benzene rings is 1. The van der Waals surface area contributed by atoms with Crippen LogP contribution in [-0.4, -0.2) is 21.8 Å². The number of imidazole rings is 1. The van der Waals surface area contributed by atoms with Crippen LogP contribution in [0.15, 0.2) is 35.8 Å².